The fraction of sp³-hybridized carbons (Fsp3) is 0.600. The number of rotatable bonds is 6. The van der Waals surface area contributed by atoms with Crippen LogP contribution in [-0.2, 0) is 11.3 Å². The Balaban J connectivity index is 1.39. The monoisotopic (exact) mass is 359 g/mol. The number of carbonyl (C=O) groups excluding carboxylic acids is 1. The van der Waals surface area contributed by atoms with Crippen molar-refractivity contribution < 1.29 is 14.7 Å². The van der Waals surface area contributed by atoms with Crippen LogP contribution < -0.4 is 10.6 Å². The molecule has 6 nitrogen and oxygen atoms in total. The number of carboxylic acids is 1. The molecule has 0 aromatic heterocycles. The summed E-state index contributed by atoms with van der Waals surface area (Å²) in [4.78, 5) is 25.6. The Morgan fingerprint density at radius 3 is 2.50 bits per heavy atom. The molecule has 3 N–H and O–H groups in total. The van der Waals surface area contributed by atoms with E-state index in [1.54, 1.807) is 0 Å². The molecule has 2 aliphatic rings. The molecule has 0 bridgehead atoms. The maximum absolute atomic E-state index is 12.2. The van der Waals surface area contributed by atoms with Gasteiger partial charge < -0.3 is 15.7 Å². The van der Waals surface area contributed by atoms with Crippen molar-refractivity contribution >= 4 is 12.0 Å². The highest BCUT2D eigenvalue weighted by molar-refractivity contribution is 5.74. The van der Waals surface area contributed by atoms with E-state index in [9.17, 15) is 9.59 Å². The van der Waals surface area contributed by atoms with E-state index in [2.05, 4.69) is 39.8 Å². The Bertz CT molecular complexity index is 600. The van der Waals surface area contributed by atoms with Crippen molar-refractivity contribution in [2.24, 2.45) is 5.92 Å². The Kier molecular flexibility index (Phi) is 6.50. The van der Waals surface area contributed by atoms with Crippen LogP contribution in [0.15, 0.2) is 30.3 Å². The summed E-state index contributed by atoms with van der Waals surface area (Å²) in [7, 11) is 0. The lowest BCUT2D eigenvalue weighted by atomic mass is 9.86. The van der Waals surface area contributed by atoms with Gasteiger partial charge in [0, 0.05) is 25.2 Å². The van der Waals surface area contributed by atoms with E-state index in [1.165, 1.54) is 12.0 Å². The zero-order chi connectivity index (χ0) is 18.4. The van der Waals surface area contributed by atoms with E-state index >= 15 is 0 Å². The largest absolute Gasteiger partial charge is 0.481 e. The lowest BCUT2D eigenvalue weighted by molar-refractivity contribution is -0.142. The average Bonchev–Trinajstić information content (AvgIpc) is 3.08. The highest BCUT2D eigenvalue weighted by Crippen LogP contribution is 2.24. The van der Waals surface area contributed by atoms with E-state index in [4.69, 9.17) is 5.11 Å². The molecular weight excluding hydrogens is 330 g/mol. The quantitative estimate of drug-likeness (QED) is 0.729. The SMILES string of the molecule is O=C(NCC1CCCN1Cc1ccccc1)NC1CCC(C(=O)O)CC1. The molecule has 26 heavy (non-hydrogen) atoms. The molecule has 1 aromatic rings. The summed E-state index contributed by atoms with van der Waals surface area (Å²) in [5.74, 6) is -0.964. The van der Waals surface area contributed by atoms with Gasteiger partial charge >= 0.3 is 12.0 Å². The van der Waals surface area contributed by atoms with Gasteiger partial charge in [0.1, 0.15) is 0 Å². The van der Waals surface area contributed by atoms with E-state index in [-0.39, 0.29) is 18.0 Å². The molecule has 0 spiro atoms. The summed E-state index contributed by atoms with van der Waals surface area (Å²) in [6, 6.07) is 10.8. The highest BCUT2D eigenvalue weighted by Gasteiger charge is 2.28. The minimum atomic E-state index is -0.715. The van der Waals surface area contributed by atoms with Crippen LogP contribution in [0.2, 0.25) is 0 Å². The predicted molar refractivity (Wildman–Crippen MR) is 99.8 cm³/mol. The van der Waals surface area contributed by atoms with Crippen LogP contribution in [0.1, 0.15) is 44.1 Å². The number of benzene rings is 1. The zero-order valence-corrected chi connectivity index (χ0v) is 15.2. The van der Waals surface area contributed by atoms with Crippen molar-refractivity contribution in [2.45, 2.75) is 57.2 Å². The van der Waals surface area contributed by atoms with E-state index in [0.717, 1.165) is 32.4 Å². The van der Waals surface area contributed by atoms with Gasteiger partial charge in [0.05, 0.1) is 5.92 Å². The van der Waals surface area contributed by atoms with Crippen molar-refractivity contribution in [3.05, 3.63) is 35.9 Å². The molecule has 0 radical (unpaired) electrons. The Labute approximate surface area is 155 Å². The number of carboxylic acid groups (broad SMARTS) is 1. The van der Waals surface area contributed by atoms with Crippen LogP contribution in [0.4, 0.5) is 4.79 Å². The Hall–Kier alpha value is -2.08. The molecule has 2 fully saturated rings. The molecule has 6 heteroatoms. The summed E-state index contributed by atoms with van der Waals surface area (Å²) < 4.78 is 0. The summed E-state index contributed by atoms with van der Waals surface area (Å²) in [6.45, 7) is 2.65. The molecule has 1 heterocycles. The van der Waals surface area contributed by atoms with Crippen molar-refractivity contribution in [1.82, 2.24) is 15.5 Å². The van der Waals surface area contributed by atoms with E-state index in [0.29, 0.717) is 25.4 Å². The third kappa shape index (κ3) is 5.21. The second kappa shape index (κ2) is 9.03. The molecule has 1 unspecified atom stereocenters. The number of aliphatic carboxylic acids is 1. The van der Waals surface area contributed by atoms with Crippen LogP contribution in [0.5, 0.6) is 0 Å². The van der Waals surface area contributed by atoms with Gasteiger partial charge in [0.25, 0.3) is 0 Å². The normalized spacial score (nSPS) is 26.4. The standard InChI is InChI=1S/C20H29N3O3/c24-19(25)16-8-10-17(11-9-16)22-20(26)21-13-18-7-4-12-23(18)14-15-5-2-1-3-6-15/h1-3,5-6,16-18H,4,7-14H2,(H,24,25)(H2,21,22,26). The van der Waals surface area contributed by atoms with Gasteiger partial charge in [-0.15, -0.1) is 0 Å². The van der Waals surface area contributed by atoms with Gasteiger partial charge in [-0.1, -0.05) is 30.3 Å². The first-order valence-corrected chi connectivity index (χ1v) is 9.67. The van der Waals surface area contributed by atoms with Crippen molar-refractivity contribution in [3.8, 4) is 0 Å². The Morgan fingerprint density at radius 2 is 1.81 bits per heavy atom. The van der Waals surface area contributed by atoms with Crippen LogP contribution in [0, 0.1) is 5.92 Å². The van der Waals surface area contributed by atoms with E-state index < -0.39 is 5.97 Å². The summed E-state index contributed by atoms with van der Waals surface area (Å²) in [5.41, 5.74) is 1.30. The minimum Gasteiger partial charge on any atom is -0.481 e. The fourth-order valence-electron chi connectivity index (χ4n) is 4.08. The number of urea groups is 1. The molecule has 1 aliphatic carbocycles. The van der Waals surface area contributed by atoms with Gasteiger partial charge in [-0.2, -0.15) is 0 Å². The number of likely N-dealkylation sites (tertiary alicyclic amines) is 1. The smallest absolute Gasteiger partial charge is 0.315 e. The molecule has 1 atom stereocenters. The zero-order valence-electron chi connectivity index (χ0n) is 15.2. The fourth-order valence-corrected chi connectivity index (χ4v) is 4.08. The maximum atomic E-state index is 12.2. The Morgan fingerprint density at radius 1 is 1.08 bits per heavy atom. The number of nitrogens with zero attached hydrogens (tertiary/aromatic N) is 1. The van der Waals surface area contributed by atoms with Gasteiger partial charge in [-0.3, -0.25) is 9.69 Å². The maximum Gasteiger partial charge on any atom is 0.315 e. The van der Waals surface area contributed by atoms with Gasteiger partial charge in [0.2, 0.25) is 0 Å². The molecule has 2 amide bonds. The van der Waals surface area contributed by atoms with Gasteiger partial charge in [-0.25, -0.2) is 4.79 Å². The van der Waals surface area contributed by atoms with Crippen LogP contribution in [0.3, 0.4) is 0 Å². The van der Waals surface area contributed by atoms with Gasteiger partial charge in [-0.05, 0) is 50.6 Å². The molecular formula is C20H29N3O3. The highest BCUT2D eigenvalue weighted by atomic mass is 16.4. The van der Waals surface area contributed by atoms with Crippen molar-refractivity contribution in [1.29, 1.82) is 0 Å². The second-order valence-electron chi connectivity index (χ2n) is 7.49. The molecule has 1 aliphatic heterocycles. The number of carbonyl (C=O) groups is 2. The topological polar surface area (TPSA) is 81.7 Å². The summed E-state index contributed by atoms with van der Waals surface area (Å²) in [6.07, 6.45) is 5.06. The minimum absolute atomic E-state index is 0.0922. The van der Waals surface area contributed by atoms with Crippen LogP contribution >= 0.6 is 0 Å². The van der Waals surface area contributed by atoms with Crippen LogP contribution in [-0.4, -0.2) is 47.2 Å². The summed E-state index contributed by atoms with van der Waals surface area (Å²) >= 11 is 0. The number of hydrogen-bond donors (Lipinski definition) is 3. The first-order valence-electron chi connectivity index (χ1n) is 9.67. The van der Waals surface area contributed by atoms with Crippen LogP contribution in [0.25, 0.3) is 0 Å². The predicted octanol–water partition coefficient (Wildman–Crippen LogP) is 2.59. The third-order valence-electron chi connectivity index (χ3n) is 5.64. The van der Waals surface area contributed by atoms with Crippen molar-refractivity contribution in [2.75, 3.05) is 13.1 Å². The lowest BCUT2D eigenvalue weighted by Gasteiger charge is -2.28. The number of amides is 2. The number of hydrogen-bond acceptors (Lipinski definition) is 3. The molecule has 142 valence electrons. The first kappa shape index (κ1) is 18.7. The first-order chi connectivity index (χ1) is 12.6. The number of nitrogens with one attached hydrogen (secondary N) is 2. The average molecular weight is 359 g/mol. The van der Waals surface area contributed by atoms with Gasteiger partial charge in [0.15, 0.2) is 0 Å². The summed E-state index contributed by atoms with van der Waals surface area (Å²) in [5, 5.41) is 15.1. The second-order valence-corrected chi connectivity index (χ2v) is 7.49. The van der Waals surface area contributed by atoms with E-state index in [1.807, 2.05) is 6.07 Å². The molecule has 1 aromatic carbocycles. The molecule has 1 saturated heterocycles. The third-order valence-corrected chi connectivity index (χ3v) is 5.64. The molecule has 3 rings (SSSR count). The lowest BCUT2D eigenvalue weighted by Crippen LogP contribution is -2.47. The molecule has 1 saturated carbocycles. The van der Waals surface area contributed by atoms with Crippen molar-refractivity contribution in [3.63, 3.8) is 0 Å².